The SMILES string of the molecule is C/C(=C\c1ccccc1F)C(=O)NCCc1cc2ccccc2[nH]c1=O. The quantitative estimate of drug-likeness (QED) is 0.693. The topological polar surface area (TPSA) is 62.0 Å². The molecule has 0 atom stereocenters. The fraction of sp³-hybridized carbons (Fsp3) is 0.143. The van der Waals surface area contributed by atoms with Crippen molar-refractivity contribution in [3.63, 3.8) is 0 Å². The lowest BCUT2D eigenvalue weighted by molar-refractivity contribution is -0.117. The van der Waals surface area contributed by atoms with Gasteiger partial charge in [0.25, 0.3) is 5.56 Å². The molecule has 0 radical (unpaired) electrons. The third kappa shape index (κ3) is 4.06. The van der Waals surface area contributed by atoms with E-state index >= 15 is 0 Å². The maximum Gasteiger partial charge on any atom is 0.251 e. The summed E-state index contributed by atoms with van der Waals surface area (Å²) >= 11 is 0. The fourth-order valence-corrected chi connectivity index (χ4v) is 2.72. The Kier molecular flexibility index (Phi) is 5.27. The number of aromatic nitrogens is 1. The zero-order valence-electron chi connectivity index (χ0n) is 14.4. The molecule has 0 saturated heterocycles. The third-order valence-electron chi connectivity index (χ3n) is 4.15. The lowest BCUT2D eigenvalue weighted by Crippen LogP contribution is -2.28. The van der Waals surface area contributed by atoms with Crippen LogP contribution in [0.3, 0.4) is 0 Å². The summed E-state index contributed by atoms with van der Waals surface area (Å²) in [6.07, 6.45) is 1.92. The van der Waals surface area contributed by atoms with Crippen molar-refractivity contribution in [3.05, 3.63) is 87.5 Å². The van der Waals surface area contributed by atoms with Gasteiger partial charge in [-0.2, -0.15) is 0 Å². The molecule has 0 saturated carbocycles. The number of fused-ring (bicyclic) bond motifs is 1. The summed E-state index contributed by atoms with van der Waals surface area (Å²) in [7, 11) is 0. The van der Waals surface area contributed by atoms with E-state index in [4.69, 9.17) is 0 Å². The molecule has 0 spiro atoms. The Balaban J connectivity index is 1.64. The number of pyridine rings is 1. The van der Waals surface area contributed by atoms with Gasteiger partial charge in [-0.25, -0.2) is 4.39 Å². The highest BCUT2D eigenvalue weighted by molar-refractivity contribution is 5.97. The number of H-pyrrole nitrogens is 1. The first-order chi connectivity index (χ1) is 12.5. The van der Waals surface area contributed by atoms with E-state index in [1.807, 2.05) is 30.3 Å². The van der Waals surface area contributed by atoms with Crippen LogP contribution in [-0.2, 0) is 11.2 Å². The molecule has 5 heteroatoms. The van der Waals surface area contributed by atoms with Crippen molar-refractivity contribution in [2.24, 2.45) is 0 Å². The van der Waals surface area contributed by atoms with E-state index in [1.54, 1.807) is 25.1 Å². The summed E-state index contributed by atoms with van der Waals surface area (Å²) in [4.78, 5) is 27.1. The number of rotatable bonds is 5. The number of carbonyl (C=O) groups is 1. The molecule has 132 valence electrons. The van der Waals surface area contributed by atoms with Gasteiger partial charge in [-0.05, 0) is 43.0 Å². The molecule has 3 rings (SSSR count). The summed E-state index contributed by atoms with van der Waals surface area (Å²) in [5.41, 5.74) is 2.01. The first kappa shape index (κ1) is 17.6. The lowest BCUT2D eigenvalue weighted by Gasteiger charge is -2.07. The second-order valence-electron chi connectivity index (χ2n) is 6.07. The first-order valence-electron chi connectivity index (χ1n) is 8.36. The predicted octanol–water partition coefficient (Wildman–Crippen LogP) is 3.43. The fourth-order valence-electron chi connectivity index (χ4n) is 2.72. The van der Waals surface area contributed by atoms with Crippen LogP contribution in [0.2, 0.25) is 0 Å². The van der Waals surface area contributed by atoms with Gasteiger partial charge in [0.05, 0.1) is 0 Å². The zero-order chi connectivity index (χ0) is 18.5. The van der Waals surface area contributed by atoms with Crippen LogP contribution in [0.4, 0.5) is 4.39 Å². The van der Waals surface area contributed by atoms with Crippen molar-refractivity contribution < 1.29 is 9.18 Å². The van der Waals surface area contributed by atoms with E-state index in [-0.39, 0.29) is 17.3 Å². The number of benzene rings is 2. The molecule has 1 aromatic heterocycles. The maximum absolute atomic E-state index is 13.6. The normalized spacial score (nSPS) is 11.5. The average Bonchev–Trinajstić information content (AvgIpc) is 2.63. The van der Waals surface area contributed by atoms with E-state index in [0.29, 0.717) is 29.7 Å². The second-order valence-corrected chi connectivity index (χ2v) is 6.07. The number of halogens is 1. The lowest BCUT2D eigenvalue weighted by atomic mass is 10.1. The smallest absolute Gasteiger partial charge is 0.251 e. The molecule has 0 fully saturated rings. The van der Waals surface area contributed by atoms with Gasteiger partial charge < -0.3 is 10.3 Å². The van der Waals surface area contributed by atoms with Crippen molar-refractivity contribution >= 4 is 22.9 Å². The molecule has 26 heavy (non-hydrogen) atoms. The highest BCUT2D eigenvalue weighted by atomic mass is 19.1. The van der Waals surface area contributed by atoms with Gasteiger partial charge in [-0.3, -0.25) is 9.59 Å². The van der Waals surface area contributed by atoms with Gasteiger partial charge in [0.1, 0.15) is 5.82 Å². The minimum absolute atomic E-state index is 0.156. The molecule has 0 aliphatic rings. The summed E-state index contributed by atoms with van der Waals surface area (Å²) in [5, 5.41) is 3.71. The van der Waals surface area contributed by atoms with Crippen molar-refractivity contribution in [2.75, 3.05) is 6.54 Å². The summed E-state index contributed by atoms with van der Waals surface area (Å²) in [6.45, 7) is 1.95. The monoisotopic (exact) mass is 350 g/mol. The Hall–Kier alpha value is -3.21. The van der Waals surface area contributed by atoms with Gasteiger partial charge in [-0.15, -0.1) is 0 Å². The van der Waals surface area contributed by atoms with Crippen molar-refractivity contribution in [2.45, 2.75) is 13.3 Å². The molecule has 0 aliphatic carbocycles. The first-order valence-corrected chi connectivity index (χ1v) is 8.36. The number of aromatic amines is 1. The van der Waals surface area contributed by atoms with Crippen LogP contribution in [0.15, 0.2) is 65.0 Å². The second kappa shape index (κ2) is 7.78. The number of hydrogen-bond donors (Lipinski definition) is 2. The molecule has 4 nitrogen and oxygen atoms in total. The van der Waals surface area contributed by atoms with Crippen molar-refractivity contribution in [1.29, 1.82) is 0 Å². The van der Waals surface area contributed by atoms with Crippen LogP contribution in [0, 0.1) is 5.82 Å². The summed E-state index contributed by atoms with van der Waals surface area (Å²) in [5.74, 6) is -0.659. The molecule has 1 amide bonds. The predicted molar refractivity (Wildman–Crippen MR) is 101 cm³/mol. The Morgan fingerprint density at radius 3 is 2.69 bits per heavy atom. The Morgan fingerprint density at radius 2 is 1.88 bits per heavy atom. The van der Waals surface area contributed by atoms with E-state index < -0.39 is 0 Å². The van der Waals surface area contributed by atoms with Crippen molar-refractivity contribution in [3.8, 4) is 0 Å². The van der Waals surface area contributed by atoms with Gasteiger partial charge in [-0.1, -0.05) is 36.4 Å². The van der Waals surface area contributed by atoms with Gasteiger partial charge in [0.2, 0.25) is 5.91 Å². The number of hydrogen-bond acceptors (Lipinski definition) is 2. The molecular formula is C21H19FN2O2. The van der Waals surface area contributed by atoms with Gasteiger partial charge >= 0.3 is 0 Å². The summed E-state index contributed by atoms with van der Waals surface area (Å²) in [6, 6.07) is 15.7. The molecule has 0 bridgehead atoms. The molecule has 0 aliphatic heterocycles. The highest BCUT2D eigenvalue weighted by Crippen LogP contribution is 2.12. The third-order valence-corrected chi connectivity index (χ3v) is 4.15. The van der Waals surface area contributed by atoms with Crippen LogP contribution in [0.1, 0.15) is 18.1 Å². The number of carbonyl (C=O) groups excluding carboxylic acids is 1. The van der Waals surface area contributed by atoms with E-state index in [9.17, 15) is 14.0 Å². The number of nitrogens with one attached hydrogen (secondary N) is 2. The largest absolute Gasteiger partial charge is 0.352 e. The van der Waals surface area contributed by atoms with Gasteiger partial charge in [0.15, 0.2) is 0 Å². The molecular weight excluding hydrogens is 331 g/mol. The molecule has 2 aromatic carbocycles. The van der Waals surface area contributed by atoms with E-state index in [2.05, 4.69) is 10.3 Å². The maximum atomic E-state index is 13.6. The number of amides is 1. The number of para-hydroxylation sites is 1. The minimum Gasteiger partial charge on any atom is -0.352 e. The van der Waals surface area contributed by atoms with Crippen LogP contribution in [-0.4, -0.2) is 17.4 Å². The van der Waals surface area contributed by atoms with Crippen LogP contribution < -0.4 is 10.9 Å². The molecule has 2 N–H and O–H groups in total. The molecule has 0 unspecified atom stereocenters. The van der Waals surface area contributed by atoms with Crippen LogP contribution in [0.25, 0.3) is 17.0 Å². The molecule has 1 heterocycles. The van der Waals surface area contributed by atoms with Crippen molar-refractivity contribution in [1.82, 2.24) is 10.3 Å². The zero-order valence-corrected chi connectivity index (χ0v) is 14.4. The Labute approximate surface area is 150 Å². The van der Waals surface area contributed by atoms with Crippen LogP contribution >= 0.6 is 0 Å². The minimum atomic E-state index is -0.373. The van der Waals surface area contributed by atoms with Crippen LogP contribution in [0.5, 0.6) is 0 Å². The van der Waals surface area contributed by atoms with Gasteiger partial charge in [0, 0.05) is 28.8 Å². The standard InChI is InChI=1S/C21H19FN2O2/c1-14(12-15-6-2-4-8-18(15)22)20(25)23-11-10-17-13-16-7-3-5-9-19(16)24-21(17)26/h2-9,12-13H,10-11H2,1H3,(H,23,25)(H,24,26)/b14-12+. The Bertz CT molecular complexity index is 1040. The highest BCUT2D eigenvalue weighted by Gasteiger charge is 2.07. The van der Waals surface area contributed by atoms with E-state index in [0.717, 1.165) is 10.9 Å². The Morgan fingerprint density at radius 1 is 1.15 bits per heavy atom. The average molecular weight is 350 g/mol. The van der Waals surface area contributed by atoms with E-state index in [1.165, 1.54) is 12.1 Å². The summed E-state index contributed by atoms with van der Waals surface area (Å²) < 4.78 is 13.6. The molecule has 3 aromatic rings.